The molecule has 0 saturated heterocycles. The van der Waals surface area contributed by atoms with Gasteiger partial charge in [-0.3, -0.25) is 4.55 Å². The average molecular weight is 176 g/mol. The van der Waals surface area contributed by atoms with E-state index in [0.717, 1.165) is 0 Å². The predicted molar refractivity (Wildman–Crippen MR) is 38.5 cm³/mol. The number of ether oxygens (including phenoxy) is 1. The Hall–Kier alpha value is -0.650. The van der Waals surface area contributed by atoms with Gasteiger partial charge in [0.05, 0.1) is 0 Å². The molecule has 0 aliphatic carbocycles. The maximum Gasteiger partial charge on any atom is 0.223 e. The van der Waals surface area contributed by atoms with Crippen molar-refractivity contribution >= 4 is 11.1 Å². The molecule has 0 spiro atoms. The largest absolute Gasteiger partial charge is 0.447 e. The van der Waals surface area contributed by atoms with Crippen LogP contribution in [0.1, 0.15) is 5.76 Å². The Morgan fingerprint density at radius 2 is 2.45 bits per heavy atom. The molecule has 1 rings (SSSR count). The second kappa shape index (κ2) is 3.66. The van der Waals surface area contributed by atoms with Crippen LogP contribution in [0.15, 0.2) is 21.6 Å². The summed E-state index contributed by atoms with van der Waals surface area (Å²) in [7, 11) is 1.53. The van der Waals surface area contributed by atoms with Crippen LogP contribution in [0.25, 0.3) is 0 Å². The molecule has 1 heterocycles. The van der Waals surface area contributed by atoms with Crippen molar-refractivity contribution in [2.45, 2.75) is 11.7 Å². The van der Waals surface area contributed by atoms with Crippen LogP contribution in [0.3, 0.4) is 0 Å². The summed E-state index contributed by atoms with van der Waals surface area (Å²) in [6.07, 6.45) is 0. The third-order valence-electron chi connectivity index (χ3n) is 1.10. The van der Waals surface area contributed by atoms with Gasteiger partial charge in [-0.05, 0) is 12.1 Å². The van der Waals surface area contributed by atoms with Crippen molar-refractivity contribution in [1.82, 2.24) is 0 Å². The molecular weight excluding hydrogens is 168 g/mol. The fourth-order valence-corrected chi connectivity index (χ4v) is 1.03. The third-order valence-corrected chi connectivity index (χ3v) is 1.66. The van der Waals surface area contributed by atoms with Crippen molar-refractivity contribution in [3.05, 3.63) is 17.9 Å². The van der Waals surface area contributed by atoms with Crippen LogP contribution in [0.5, 0.6) is 0 Å². The van der Waals surface area contributed by atoms with E-state index in [2.05, 4.69) is 0 Å². The van der Waals surface area contributed by atoms with Crippen molar-refractivity contribution in [3.8, 4) is 0 Å². The summed E-state index contributed by atoms with van der Waals surface area (Å²) in [5.74, 6) is 0.546. The SMILES string of the molecule is COCc1ccc(S(=O)O)o1. The molecule has 1 unspecified atom stereocenters. The van der Waals surface area contributed by atoms with Gasteiger partial charge in [0.2, 0.25) is 16.2 Å². The van der Waals surface area contributed by atoms with E-state index in [1.165, 1.54) is 13.2 Å². The van der Waals surface area contributed by atoms with E-state index in [9.17, 15) is 4.21 Å². The van der Waals surface area contributed by atoms with Gasteiger partial charge in [-0.15, -0.1) is 0 Å². The molecule has 0 fully saturated rings. The van der Waals surface area contributed by atoms with E-state index in [-0.39, 0.29) is 5.09 Å². The van der Waals surface area contributed by atoms with Crippen molar-refractivity contribution in [2.24, 2.45) is 0 Å². The Bertz CT molecular complexity index is 255. The van der Waals surface area contributed by atoms with Gasteiger partial charge in [0, 0.05) is 7.11 Å². The first-order valence-corrected chi connectivity index (χ1v) is 4.03. The van der Waals surface area contributed by atoms with Gasteiger partial charge in [-0.1, -0.05) is 0 Å². The minimum Gasteiger partial charge on any atom is -0.447 e. The predicted octanol–water partition coefficient (Wildman–Crippen LogP) is 1.01. The first-order chi connectivity index (χ1) is 5.24. The fraction of sp³-hybridized carbons (Fsp3) is 0.333. The first-order valence-electron chi connectivity index (χ1n) is 2.92. The van der Waals surface area contributed by atoms with Crippen LogP contribution < -0.4 is 0 Å². The maximum atomic E-state index is 10.4. The van der Waals surface area contributed by atoms with Crippen LogP contribution >= 0.6 is 0 Å². The zero-order valence-corrected chi connectivity index (χ0v) is 6.76. The fourth-order valence-electron chi connectivity index (χ4n) is 0.672. The molecule has 5 heteroatoms. The lowest BCUT2D eigenvalue weighted by atomic mass is 10.5. The Balaban J connectivity index is 2.73. The number of rotatable bonds is 3. The Morgan fingerprint density at radius 1 is 1.73 bits per heavy atom. The van der Waals surface area contributed by atoms with Crippen molar-refractivity contribution in [2.75, 3.05) is 7.11 Å². The van der Waals surface area contributed by atoms with E-state index in [4.69, 9.17) is 13.7 Å². The number of hydrogen-bond donors (Lipinski definition) is 1. The maximum absolute atomic E-state index is 10.4. The topological polar surface area (TPSA) is 59.7 Å². The molecule has 0 aliphatic heterocycles. The third kappa shape index (κ3) is 2.14. The summed E-state index contributed by atoms with van der Waals surface area (Å²) in [6.45, 7) is 0.317. The highest BCUT2D eigenvalue weighted by Gasteiger charge is 2.05. The van der Waals surface area contributed by atoms with Crippen LogP contribution in [-0.4, -0.2) is 15.9 Å². The lowest BCUT2D eigenvalue weighted by Gasteiger charge is -1.91. The minimum absolute atomic E-state index is 0.0528. The highest BCUT2D eigenvalue weighted by Crippen LogP contribution is 2.10. The Kier molecular flexibility index (Phi) is 2.81. The Labute approximate surface area is 66.4 Å². The molecular formula is C6H8O4S. The molecule has 1 aromatic heterocycles. The van der Waals surface area contributed by atoms with Crippen LogP contribution in [0.4, 0.5) is 0 Å². The molecule has 62 valence electrons. The van der Waals surface area contributed by atoms with E-state index >= 15 is 0 Å². The lowest BCUT2D eigenvalue weighted by Crippen LogP contribution is -1.85. The summed E-state index contributed by atoms with van der Waals surface area (Å²) in [5, 5.41) is 0.0528. The number of hydrogen-bond acceptors (Lipinski definition) is 3. The molecule has 0 bridgehead atoms. The van der Waals surface area contributed by atoms with Crippen LogP contribution in [0.2, 0.25) is 0 Å². The van der Waals surface area contributed by atoms with E-state index in [0.29, 0.717) is 12.4 Å². The van der Waals surface area contributed by atoms with Gasteiger partial charge in [-0.2, -0.15) is 0 Å². The Morgan fingerprint density at radius 3 is 2.91 bits per heavy atom. The van der Waals surface area contributed by atoms with Gasteiger partial charge in [-0.25, -0.2) is 4.21 Å². The highest BCUT2D eigenvalue weighted by molar-refractivity contribution is 7.79. The molecule has 1 N–H and O–H groups in total. The number of furan rings is 1. The van der Waals surface area contributed by atoms with Crippen molar-refractivity contribution in [1.29, 1.82) is 0 Å². The molecule has 0 aromatic carbocycles. The lowest BCUT2D eigenvalue weighted by molar-refractivity contribution is 0.159. The van der Waals surface area contributed by atoms with Gasteiger partial charge >= 0.3 is 0 Å². The van der Waals surface area contributed by atoms with Gasteiger partial charge < -0.3 is 9.15 Å². The second-order valence-corrected chi connectivity index (χ2v) is 2.80. The van der Waals surface area contributed by atoms with E-state index in [1.807, 2.05) is 0 Å². The summed E-state index contributed by atoms with van der Waals surface area (Å²) >= 11 is -2.03. The number of methoxy groups -OCH3 is 1. The zero-order valence-electron chi connectivity index (χ0n) is 5.94. The summed E-state index contributed by atoms with van der Waals surface area (Å²) < 4.78 is 28.6. The molecule has 1 atom stereocenters. The normalized spacial score (nSPS) is 13.3. The van der Waals surface area contributed by atoms with Gasteiger partial charge in [0.15, 0.2) is 0 Å². The average Bonchev–Trinajstić information content (AvgIpc) is 2.37. The molecule has 0 saturated carbocycles. The van der Waals surface area contributed by atoms with Gasteiger partial charge in [0.25, 0.3) is 0 Å². The first kappa shape index (κ1) is 8.45. The monoisotopic (exact) mass is 176 g/mol. The molecule has 11 heavy (non-hydrogen) atoms. The van der Waals surface area contributed by atoms with Crippen LogP contribution in [-0.2, 0) is 22.4 Å². The summed E-state index contributed by atoms with van der Waals surface area (Å²) in [5.41, 5.74) is 0. The molecule has 0 radical (unpaired) electrons. The standard InChI is InChI=1S/C6H8O4S/c1-9-4-5-2-3-6(10-5)11(7)8/h2-3H,4H2,1H3,(H,7,8). The van der Waals surface area contributed by atoms with Gasteiger partial charge in [0.1, 0.15) is 12.4 Å². The highest BCUT2D eigenvalue weighted by atomic mass is 32.2. The molecule has 0 amide bonds. The minimum atomic E-state index is -2.03. The summed E-state index contributed by atoms with van der Waals surface area (Å²) in [6, 6.07) is 3.05. The smallest absolute Gasteiger partial charge is 0.223 e. The quantitative estimate of drug-likeness (QED) is 0.698. The second-order valence-electron chi connectivity index (χ2n) is 1.90. The van der Waals surface area contributed by atoms with Crippen molar-refractivity contribution < 1.29 is 17.9 Å². The molecule has 1 aromatic rings. The molecule has 4 nitrogen and oxygen atoms in total. The summed E-state index contributed by atoms with van der Waals surface area (Å²) in [4.78, 5) is 0. The van der Waals surface area contributed by atoms with E-state index < -0.39 is 11.1 Å². The molecule has 0 aliphatic rings. The van der Waals surface area contributed by atoms with Crippen LogP contribution in [0, 0.1) is 0 Å². The van der Waals surface area contributed by atoms with E-state index in [1.54, 1.807) is 6.07 Å². The zero-order chi connectivity index (χ0) is 8.27. The van der Waals surface area contributed by atoms with Crippen molar-refractivity contribution in [3.63, 3.8) is 0 Å².